The standard InChI is InChI=1S/C15H22O3/c1-14(2,3)11-7-10(18-9-16)8-12(13(11)17)15(4,5)6/h7-9,17H,1-6H3. The predicted octanol–water partition coefficient (Wildman–Crippen LogP) is 3.52. The summed E-state index contributed by atoms with van der Waals surface area (Å²) < 4.78 is 4.94. The molecule has 0 atom stereocenters. The second-order valence-corrected chi connectivity index (χ2v) is 6.58. The minimum absolute atomic E-state index is 0.216. The summed E-state index contributed by atoms with van der Waals surface area (Å²) in [4.78, 5) is 10.5. The first kappa shape index (κ1) is 14.6. The molecule has 3 heteroatoms. The van der Waals surface area contributed by atoms with Crippen molar-refractivity contribution in [3.63, 3.8) is 0 Å². The molecule has 0 aliphatic carbocycles. The molecule has 0 spiro atoms. The Balaban J connectivity index is 3.53. The van der Waals surface area contributed by atoms with Gasteiger partial charge in [0, 0.05) is 11.1 Å². The van der Waals surface area contributed by atoms with E-state index in [1.165, 1.54) is 0 Å². The van der Waals surface area contributed by atoms with Crippen LogP contribution in [0.5, 0.6) is 11.5 Å². The fraction of sp³-hybridized carbons (Fsp3) is 0.533. The summed E-state index contributed by atoms with van der Waals surface area (Å²) >= 11 is 0. The van der Waals surface area contributed by atoms with Gasteiger partial charge in [-0.3, -0.25) is 4.79 Å². The van der Waals surface area contributed by atoms with E-state index in [9.17, 15) is 9.90 Å². The molecule has 1 aromatic carbocycles. The van der Waals surface area contributed by atoms with Gasteiger partial charge in [-0.05, 0) is 23.0 Å². The lowest BCUT2D eigenvalue weighted by molar-refractivity contribution is -0.120. The van der Waals surface area contributed by atoms with Crippen molar-refractivity contribution in [3.05, 3.63) is 23.3 Å². The van der Waals surface area contributed by atoms with Gasteiger partial charge in [-0.15, -0.1) is 0 Å². The third-order valence-electron chi connectivity index (χ3n) is 2.88. The highest BCUT2D eigenvalue weighted by Crippen LogP contribution is 2.41. The zero-order chi connectivity index (χ0) is 14.1. The first-order valence-electron chi connectivity index (χ1n) is 6.05. The summed E-state index contributed by atoms with van der Waals surface area (Å²) in [5.41, 5.74) is 1.14. The van der Waals surface area contributed by atoms with Crippen LogP contribution in [0.1, 0.15) is 52.7 Å². The molecule has 0 aliphatic heterocycles. The molecule has 0 saturated heterocycles. The molecule has 0 saturated carbocycles. The molecule has 1 aromatic rings. The number of carbonyl (C=O) groups is 1. The molecular formula is C15H22O3. The molecule has 0 heterocycles. The number of hydrogen-bond donors (Lipinski definition) is 1. The molecule has 0 bridgehead atoms. The largest absolute Gasteiger partial charge is 0.507 e. The second-order valence-electron chi connectivity index (χ2n) is 6.58. The number of phenolic OH excluding ortho intramolecular Hbond substituents is 1. The highest BCUT2D eigenvalue weighted by atomic mass is 16.5. The first-order valence-corrected chi connectivity index (χ1v) is 6.05. The topological polar surface area (TPSA) is 46.5 Å². The van der Waals surface area contributed by atoms with Gasteiger partial charge in [-0.25, -0.2) is 0 Å². The number of ether oxygens (including phenoxy) is 1. The predicted molar refractivity (Wildman–Crippen MR) is 72.2 cm³/mol. The fourth-order valence-corrected chi connectivity index (χ4v) is 1.88. The smallest absolute Gasteiger partial charge is 0.298 e. The van der Waals surface area contributed by atoms with Crippen molar-refractivity contribution in [1.29, 1.82) is 0 Å². The van der Waals surface area contributed by atoms with E-state index in [1.54, 1.807) is 12.1 Å². The minimum Gasteiger partial charge on any atom is -0.507 e. The van der Waals surface area contributed by atoms with Gasteiger partial charge < -0.3 is 9.84 Å². The van der Waals surface area contributed by atoms with Crippen molar-refractivity contribution in [3.8, 4) is 11.5 Å². The van der Waals surface area contributed by atoms with E-state index in [4.69, 9.17) is 4.74 Å². The molecule has 0 aromatic heterocycles. The summed E-state index contributed by atoms with van der Waals surface area (Å²) in [6.07, 6.45) is 0. The van der Waals surface area contributed by atoms with Crippen LogP contribution < -0.4 is 4.74 Å². The Morgan fingerprint density at radius 3 is 1.67 bits per heavy atom. The van der Waals surface area contributed by atoms with Crippen molar-refractivity contribution in [2.24, 2.45) is 0 Å². The fourth-order valence-electron chi connectivity index (χ4n) is 1.88. The maximum atomic E-state index is 10.5. The SMILES string of the molecule is CC(C)(C)c1cc(OC=O)cc(C(C)(C)C)c1O. The lowest BCUT2D eigenvalue weighted by Gasteiger charge is -2.27. The average Bonchev–Trinajstić information content (AvgIpc) is 2.17. The number of phenols is 1. The Morgan fingerprint density at radius 2 is 1.39 bits per heavy atom. The van der Waals surface area contributed by atoms with Gasteiger partial charge in [-0.1, -0.05) is 41.5 Å². The van der Waals surface area contributed by atoms with E-state index in [1.807, 2.05) is 41.5 Å². The normalized spacial score (nSPS) is 12.3. The molecule has 0 aliphatic rings. The van der Waals surface area contributed by atoms with Crippen molar-refractivity contribution in [2.75, 3.05) is 0 Å². The van der Waals surface area contributed by atoms with E-state index < -0.39 is 0 Å². The Hall–Kier alpha value is -1.51. The third kappa shape index (κ3) is 3.03. The molecule has 3 nitrogen and oxygen atoms in total. The van der Waals surface area contributed by atoms with Crippen molar-refractivity contribution in [1.82, 2.24) is 0 Å². The Morgan fingerprint density at radius 1 is 1.00 bits per heavy atom. The quantitative estimate of drug-likeness (QED) is 0.817. The molecule has 0 fully saturated rings. The van der Waals surface area contributed by atoms with Gasteiger partial charge >= 0.3 is 0 Å². The molecular weight excluding hydrogens is 228 g/mol. The summed E-state index contributed by atoms with van der Waals surface area (Å²) in [7, 11) is 0. The van der Waals surface area contributed by atoms with Crippen LogP contribution in [0.25, 0.3) is 0 Å². The van der Waals surface area contributed by atoms with Crippen LogP contribution in [-0.4, -0.2) is 11.6 Å². The van der Waals surface area contributed by atoms with Crippen LogP contribution in [-0.2, 0) is 15.6 Å². The van der Waals surface area contributed by atoms with E-state index in [2.05, 4.69) is 0 Å². The zero-order valence-corrected chi connectivity index (χ0v) is 12.0. The Bertz CT molecular complexity index is 413. The van der Waals surface area contributed by atoms with Crippen LogP contribution in [0.4, 0.5) is 0 Å². The summed E-state index contributed by atoms with van der Waals surface area (Å²) in [5, 5.41) is 10.4. The van der Waals surface area contributed by atoms with Gasteiger partial charge in [0.05, 0.1) is 0 Å². The highest BCUT2D eigenvalue weighted by Gasteiger charge is 2.26. The van der Waals surface area contributed by atoms with Gasteiger partial charge in [0.15, 0.2) is 0 Å². The van der Waals surface area contributed by atoms with Gasteiger partial charge in [0.1, 0.15) is 11.5 Å². The number of aromatic hydroxyl groups is 1. The molecule has 1 rings (SSSR count). The molecule has 100 valence electrons. The number of hydrogen-bond acceptors (Lipinski definition) is 3. The summed E-state index contributed by atoms with van der Waals surface area (Å²) in [6, 6.07) is 3.44. The molecule has 1 N–H and O–H groups in total. The Labute approximate surface area is 109 Å². The van der Waals surface area contributed by atoms with Gasteiger partial charge in [0.25, 0.3) is 6.47 Å². The Kier molecular flexibility index (Phi) is 3.75. The van der Waals surface area contributed by atoms with E-state index in [-0.39, 0.29) is 16.6 Å². The summed E-state index contributed by atoms with van der Waals surface area (Å²) in [5.74, 6) is 0.755. The van der Waals surface area contributed by atoms with Crippen molar-refractivity contribution < 1.29 is 14.6 Å². The second kappa shape index (κ2) is 4.63. The van der Waals surface area contributed by atoms with E-state index in [0.29, 0.717) is 12.2 Å². The van der Waals surface area contributed by atoms with Crippen molar-refractivity contribution in [2.45, 2.75) is 52.4 Å². The monoisotopic (exact) mass is 250 g/mol. The van der Waals surface area contributed by atoms with Crippen LogP contribution >= 0.6 is 0 Å². The van der Waals surface area contributed by atoms with Crippen molar-refractivity contribution >= 4 is 6.47 Å². The van der Waals surface area contributed by atoms with Crippen LogP contribution in [0.3, 0.4) is 0 Å². The maximum Gasteiger partial charge on any atom is 0.298 e. The van der Waals surface area contributed by atoms with Gasteiger partial charge in [0.2, 0.25) is 0 Å². The molecule has 0 amide bonds. The average molecular weight is 250 g/mol. The van der Waals surface area contributed by atoms with Crippen LogP contribution in [0.2, 0.25) is 0 Å². The van der Waals surface area contributed by atoms with E-state index >= 15 is 0 Å². The number of rotatable bonds is 2. The third-order valence-corrected chi connectivity index (χ3v) is 2.88. The number of carbonyl (C=O) groups excluding carboxylic acids is 1. The molecule has 0 radical (unpaired) electrons. The minimum atomic E-state index is -0.216. The summed E-state index contributed by atoms with van der Waals surface area (Å²) in [6.45, 7) is 12.5. The number of benzene rings is 1. The molecule has 0 unspecified atom stereocenters. The lowest BCUT2D eigenvalue weighted by Crippen LogP contribution is -2.17. The van der Waals surface area contributed by atoms with Gasteiger partial charge in [-0.2, -0.15) is 0 Å². The maximum absolute atomic E-state index is 10.5. The first-order chi connectivity index (χ1) is 8.07. The lowest BCUT2D eigenvalue weighted by atomic mass is 9.79. The van der Waals surface area contributed by atoms with Crippen LogP contribution in [0, 0.1) is 0 Å². The molecule has 18 heavy (non-hydrogen) atoms. The van der Waals surface area contributed by atoms with E-state index in [0.717, 1.165) is 11.1 Å². The van der Waals surface area contributed by atoms with Crippen LogP contribution in [0.15, 0.2) is 12.1 Å². The zero-order valence-electron chi connectivity index (χ0n) is 12.0. The highest BCUT2D eigenvalue weighted by molar-refractivity contribution is 5.55.